The number of H-pyrrole nitrogens is 1. The minimum Gasteiger partial charge on any atom is -0.411 e. The standard InChI is InChI=1S/C23H21N9O2/c1-30-9-6-16(28-30)21-26-27-22(34-21)23(33)31-10-7-15-19(25-12-24-15)20(31)17-11-18-14(13-4-5-13)3-2-8-32(18)29-17/h2-3,6,8-9,11-13,20H,4-5,7,10H2,1H3,(H,24,25)/t20-/m1/s1. The van der Waals surface area contributed by atoms with E-state index in [1.165, 1.54) is 18.4 Å². The van der Waals surface area contributed by atoms with E-state index < -0.39 is 6.04 Å². The van der Waals surface area contributed by atoms with Crippen molar-refractivity contribution in [1.82, 2.24) is 44.5 Å². The van der Waals surface area contributed by atoms with Gasteiger partial charge in [0.25, 0.3) is 5.89 Å². The van der Waals surface area contributed by atoms with Gasteiger partial charge in [-0.25, -0.2) is 9.50 Å². The summed E-state index contributed by atoms with van der Waals surface area (Å²) in [5.74, 6) is 0.362. The fourth-order valence-electron chi connectivity index (χ4n) is 4.79. The Morgan fingerprint density at radius 2 is 2.09 bits per heavy atom. The highest BCUT2D eigenvalue weighted by Gasteiger charge is 2.38. The fourth-order valence-corrected chi connectivity index (χ4v) is 4.79. The number of fused-ring (bicyclic) bond motifs is 2. The molecule has 2 aliphatic rings. The number of aromatic amines is 1. The van der Waals surface area contributed by atoms with Gasteiger partial charge in [0, 0.05) is 38.1 Å². The smallest absolute Gasteiger partial charge is 0.312 e. The maximum Gasteiger partial charge on any atom is 0.312 e. The second kappa shape index (κ2) is 7.11. The number of carbonyl (C=O) groups excluding carboxylic acids is 1. The molecule has 1 saturated carbocycles. The number of amides is 1. The third kappa shape index (κ3) is 2.96. The van der Waals surface area contributed by atoms with Crippen molar-refractivity contribution in [3.05, 3.63) is 71.5 Å². The first-order chi connectivity index (χ1) is 16.7. The van der Waals surface area contributed by atoms with Crippen LogP contribution in [0, 0.1) is 0 Å². The van der Waals surface area contributed by atoms with Crippen molar-refractivity contribution in [2.45, 2.75) is 31.2 Å². The Hall–Kier alpha value is -4.28. The number of hydrogen-bond acceptors (Lipinski definition) is 7. The van der Waals surface area contributed by atoms with Crippen LogP contribution in [0.25, 0.3) is 17.1 Å². The van der Waals surface area contributed by atoms with Gasteiger partial charge in [-0.1, -0.05) is 6.07 Å². The quantitative estimate of drug-likeness (QED) is 0.442. The number of aromatic nitrogens is 8. The molecule has 0 saturated heterocycles. The van der Waals surface area contributed by atoms with Crippen molar-refractivity contribution in [3.63, 3.8) is 0 Å². The van der Waals surface area contributed by atoms with Crippen LogP contribution in [-0.4, -0.2) is 56.9 Å². The van der Waals surface area contributed by atoms with E-state index in [1.54, 1.807) is 35.2 Å². The zero-order valence-corrected chi connectivity index (χ0v) is 18.4. The topological polar surface area (TPSA) is 123 Å². The monoisotopic (exact) mass is 455 g/mol. The Kier molecular flexibility index (Phi) is 4.02. The van der Waals surface area contributed by atoms with E-state index in [-0.39, 0.29) is 17.7 Å². The second-order valence-corrected chi connectivity index (χ2v) is 8.84. The largest absolute Gasteiger partial charge is 0.411 e. The average molecular weight is 455 g/mol. The molecule has 11 nitrogen and oxygen atoms in total. The molecule has 0 unspecified atom stereocenters. The number of carbonyl (C=O) groups is 1. The van der Waals surface area contributed by atoms with Crippen molar-refractivity contribution < 1.29 is 9.21 Å². The molecular formula is C23H21N9O2. The van der Waals surface area contributed by atoms with E-state index >= 15 is 0 Å². The average Bonchev–Trinajstić information content (AvgIpc) is 3.27. The Morgan fingerprint density at radius 1 is 1.18 bits per heavy atom. The predicted molar refractivity (Wildman–Crippen MR) is 119 cm³/mol. The summed E-state index contributed by atoms with van der Waals surface area (Å²) in [6.07, 6.45) is 8.45. The lowest BCUT2D eigenvalue weighted by Crippen LogP contribution is -2.41. The first-order valence-electron chi connectivity index (χ1n) is 11.3. The number of nitrogens with one attached hydrogen (secondary N) is 1. The number of hydrogen-bond donors (Lipinski definition) is 1. The van der Waals surface area contributed by atoms with E-state index in [0.29, 0.717) is 24.6 Å². The van der Waals surface area contributed by atoms with E-state index in [1.807, 2.05) is 16.8 Å². The van der Waals surface area contributed by atoms with E-state index in [0.717, 1.165) is 22.6 Å². The van der Waals surface area contributed by atoms with Crippen molar-refractivity contribution in [1.29, 1.82) is 0 Å². The number of pyridine rings is 1. The fraction of sp³-hybridized carbons (Fsp3) is 0.304. The Balaban J connectivity index is 1.29. The maximum absolute atomic E-state index is 13.6. The van der Waals surface area contributed by atoms with Crippen molar-refractivity contribution >= 4 is 11.4 Å². The van der Waals surface area contributed by atoms with Gasteiger partial charge in [-0.3, -0.25) is 9.48 Å². The van der Waals surface area contributed by atoms with Crippen LogP contribution in [0.15, 0.2) is 47.4 Å². The second-order valence-electron chi connectivity index (χ2n) is 8.84. The third-order valence-corrected chi connectivity index (χ3v) is 6.58. The first kappa shape index (κ1) is 19.2. The summed E-state index contributed by atoms with van der Waals surface area (Å²) in [6.45, 7) is 0.476. The summed E-state index contributed by atoms with van der Waals surface area (Å²) in [7, 11) is 1.80. The molecule has 11 heteroatoms. The number of aryl methyl sites for hydroxylation is 1. The summed E-state index contributed by atoms with van der Waals surface area (Å²) >= 11 is 0. The molecule has 1 aliphatic heterocycles. The SMILES string of the molecule is Cn1ccc(-c2nnc(C(=O)N3CCc4[nH]cnc4[C@H]3c3cc4c(C5CC5)cccn4n3)o2)n1. The minimum atomic E-state index is -0.459. The van der Waals surface area contributed by atoms with Crippen LogP contribution in [0.4, 0.5) is 0 Å². The van der Waals surface area contributed by atoms with E-state index in [4.69, 9.17) is 9.52 Å². The lowest BCUT2D eigenvalue weighted by atomic mass is 9.99. The molecule has 0 aromatic carbocycles. The van der Waals surface area contributed by atoms with Gasteiger partial charge in [-0.2, -0.15) is 10.2 Å². The van der Waals surface area contributed by atoms with Gasteiger partial charge < -0.3 is 14.3 Å². The lowest BCUT2D eigenvalue weighted by Gasteiger charge is -2.32. The van der Waals surface area contributed by atoms with Crippen LogP contribution in [0.3, 0.4) is 0 Å². The molecule has 1 fully saturated rings. The van der Waals surface area contributed by atoms with Gasteiger partial charge in [0.2, 0.25) is 0 Å². The maximum atomic E-state index is 13.6. The summed E-state index contributed by atoms with van der Waals surface area (Å²) in [5.41, 5.74) is 5.46. The molecule has 7 rings (SSSR count). The van der Waals surface area contributed by atoms with Crippen molar-refractivity contribution in [3.8, 4) is 11.6 Å². The van der Waals surface area contributed by atoms with Crippen molar-refractivity contribution in [2.24, 2.45) is 7.05 Å². The normalized spacial score (nSPS) is 17.9. The van der Waals surface area contributed by atoms with Crippen LogP contribution in [0.1, 0.15) is 58.1 Å². The molecule has 1 atom stereocenters. The van der Waals surface area contributed by atoms with Crippen LogP contribution < -0.4 is 0 Å². The van der Waals surface area contributed by atoms with Crippen LogP contribution in [-0.2, 0) is 13.5 Å². The molecule has 1 aliphatic carbocycles. The van der Waals surface area contributed by atoms with Gasteiger partial charge >= 0.3 is 11.8 Å². The molecule has 5 aromatic rings. The van der Waals surface area contributed by atoms with Gasteiger partial charge in [0.05, 0.1) is 23.2 Å². The summed E-state index contributed by atoms with van der Waals surface area (Å²) in [4.78, 5) is 23.1. The molecule has 0 radical (unpaired) electrons. The highest BCUT2D eigenvalue weighted by molar-refractivity contribution is 5.90. The lowest BCUT2D eigenvalue weighted by molar-refractivity contribution is 0.0646. The Bertz CT molecular complexity index is 1540. The molecule has 1 amide bonds. The Morgan fingerprint density at radius 3 is 2.91 bits per heavy atom. The van der Waals surface area contributed by atoms with E-state index in [2.05, 4.69) is 37.4 Å². The van der Waals surface area contributed by atoms with Crippen LogP contribution >= 0.6 is 0 Å². The van der Waals surface area contributed by atoms with Gasteiger partial charge in [-0.15, -0.1) is 10.2 Å². The van der Waals surface area contributed by atoms with Gasteiger partial charge in [-0.05, 0) is 42.5 Å². The van der Waals surface area contributed by atoms with Gasteiger partial charge in [0.15, 0.2) is 0 Å². The van der Waals surface area contributed by atoms with E-state index in [9.17, 15) is 4.79 Å². The molecule has 5 aromatic heterocycles. The number of imidazole rings is 1. The highest BCUT2D eigenvalue weighted by Crippen LogP contribution is 2.43. The zero-order chi connectivity index (χ0) is 22.8. The highest BCUT2D eigenvalue weighted by atomic mass is 16.4. The summed E-state index contributed by atoms with van der Waals surface area (Å²) < 4.78 is 9.27. The molecule has 0 spiro atoms. The summed E-state index contributed by atoms with van der Waals surface area (Å²) in [5, 5.41) is 17.2. The number of nitrogens with zero attached hydrogens (tertiary/aromatic N) is 8. The zero-order valence-electron chi connectivity index (χ0n) is 18.4. The van der Waals surface area contributed by atoms with Crippen molar-refractivity contribution in [2.75, 3.05) is 6.54 Å². The molecule has 1 N–H and O–H groups in total. The molecular weight excluding hydrogens is 434 g/mol. The van der Waals surface area contributed by atoms with Crippen LogP contribution in [0.5, 0.6) is 0 Å². The molecule has 0 bridgehead atoms. The number of rotatable bonds is 4. The molecule has 6 heterocycles. The molecule has 34 heavy (non-hydrogen) atoms. The molecule has 170 valence electrons. The third-order valence-electron chi connectivity index (χ3n) is 6.58. The Labute approximate surface area is 193 Å². The minimum absolute atomic E-state index is 0.0768. The summed E-state index contributed by atoms with van der Waals surface area (Å²) in [6, 6.07) is 7.57. The van der Waals surface area contributed by atoms with Crippen LogP contribution in [0.2, 0.25) is 0 Å². The first-order valence-corrected chi connectivity index (χ1v) is 11.3. The van der Waals surface area contributed by atoms with Gasteiger partial charge in [0.1, 0.15) is 11.7 Å². The predicted octanol–water partition coefficient (Wildman–Crippen LogP) is 2.51.